The summed E-state index contributed by atoms with van der Waals surface area (Å²) in [4.78, 5) is 34.5. The number of hydrogen-bond donors (Lipinski definition) is 2. The summed E-state index contributed by atoms with van der Waals surface area (Å²) in [5, 5.41) is 9.91. The number of aromatic nitrogens is 3. The van der Waals surface area contributed by atoms with Gasteiger partial charge in [-0.2, -0.15) is 0 Å². The largest absolute Gasteiger partial charge is 0.493 e. The van der Waals surface area contributed by atoms with Crippen LogP contribution < -0.4 is 20.1 Å². The van der Waals surface area contributed by atoms with Gasteiger partial charge in [0.2, 0.25) is 0 Å². The Morgan fingerprint density at radius 3 is 2.42 bits per heavy atom. The van der Waals surface area contributed by atoms with Gasteiger partial charge in [0.1, 0.15) is 18.8 Å². The number of allylic oxidation sites excluding steroid dienone is 4. The van der Waals surface area contributed by atoms with E-state index < -0.39 is 0 Å². The highest BCUT2D eigenvalue weighted by Crippen LogP contribution is 2.38. The molecule has 10 nitrogen and oxygen atoms in total. The molecular weight excluding hydrogens is 606 g/mol. The molecule has 0 saturated heterocycles. The zero-order chi connectivity index (χ0) is 33.2. The summed E-state index contributed by atoms with van der Waals surface area (Å²) in [5.41, 5.74) is 6.03. The van der Waals surface area contributed by atoms with Crippen molar-refractivity contribution in [3.8, 4) is 11.5 Å². The molecule has 7 rings (SSSR count). The molecule has 240 valence electrons. The van der Waals surface area contributed by atoms with Gasteiger partial charge in [0.05, 0.1) is 19.2 Å². The van der Waals surface area contributed by atoms with Crippen molar-refractivity contribution in [2.24, 2.45) is 0 Å². The number of ether oxygens (including phenoxy) is 3. The Balaban J connectivity index is 1.27. The summed E-state index contributed by atoms with van der Waals surface area (Å²) < 4.78 is 18.8. The van der Waals surface area contributed by atoms with Crippen LogP contribution in [-0.2, 0) is 20.9 Å². The summed E-state index contributed by atoms with van der Waals surface area (Å²) in [7, 11) is 3.19. The molecule has 0 saturated carbocycles. The van der Waals surface area contributed by atoms with Crippen LogP contribution in [0.2, 0.25) is 0 Å². The van der Waals surface area contributed by atoms with Gasteiger partial charge in [0.25, 0.3) is 0 Å². The molecule has 0 radical (unpaired) electrons. The molecular formula is C38H33N5O5. The lowest BCUT2D eigenvalue weighted by atomic mass is 9.94. The third kappa shape index (κ3) is 5.73. The Morgan fingerprint density at radius 1 is 0.771 bits per heavy atom. The molecule has 1 aliphatic rings. The molecule has 48 heavy (non-hydrogen) atoms. The Kier molecular flexibility index (Phi) is 8.31. The number of benzene rings is 4. The number of hydrogen-bond acceptors (Lipinski definition) is 9. The third-order valence-corrected chi connectivity index (χ3v) is 8.36. The molecule has 1 aliphatic carbocycles. The third-order valence-electron chi connectivity index (χ3n) is 8.36. The number of anilines is 4. The smallest absolute Gasteiger partial charge is 0.186 e. The minimum atomic E-state index is -0.255. The van der Waals surface area contributed by atoms with E-state index in [9.17, 15) is 9.59 Å². The van der Waals surface area contributed by atoms with Crippen LogP contribution in [0.4, 0.5) is 22.9 Å². The zero-order valence-electron chi connectivity index (χ0n) is 26.7. The van der Waals surface area contributed by atoms with Gasteiger partial charge in [-0.05, 0) is 73.7 Å². The van der Waals surface area contributed by atoms with Crippen LogP contribution in [0.15, 0.2) is 97.4 Å². The minimum Gasteiger partial charge on any atom is -0.493 e. The average molecular weight is 640 g/mol. The van der Waals surface area contributed by atoms with Gasteiger partial charge >= 0.3 is 0 Å². The van der Waals surface area contributed by atoms with Crippen molar-refractivity contribution in [1.29, 1.82) is 0 Å². The van der Waals surface area contributed by atoms with E-state index in [2.05, 4.69) is 62.4 Å². The van der Waals surface area contributed by atoms with Gasteiger partial charge in [-0.25, -0.2) is 9.97 Å². The van der Waals surface area contributed by atoms with Gasteiger partial charge in [0, 0.05) is 75.1 Å². The van der Waals surface area contributed by atoms with Gasteiger partial charge in [-0.15, -0.1) is 0 Å². The van der Waals surface area contributed by atoms with Crippen LogP contribution in [0.25, 0.3) is 38.3 Å². The summed E-state index contributed by atoms with van der Waals surface area (Å²) in [5.74, 6) is 1.10. The van der Waals surface area contributed by atoms with Crippen molar-refractivity contribution in [3.63, 3.8) is 0 Å². The van der Waals surface area contributed by atoms with Crippen LogP contribution in [0.5, 0.6) is 11.5 Å². The highest BCUT2D eigenvalue weighted by atomic mass is 16.5. The molecule has 6 aromatic rings. The van der Waals surface area contributed by atoms with Gasteiger partial charge in [0.15, 0.2) is 23.1 Å². The minimum absolute atomic E-state index is 0.250. The van der Waals surface area contributed by atoms with Crippen molar-refractivity contribution >= 4 is 72.7 Å². The number of carbonyl (C=O) groups excluding carboxylic acids is 2. The van der Waals surface area contributed by atoms with Gasteiger partial charge in [-0.1, -0.05) is 18.2 Å². The number of ketones is 2. The Bertz CT molecular complexity index is 2290. The van der Waals surface area contributed by atoms with Crippen molar-refractivity contribution < 1.29 is 23.8 Å². The maximum absolute atomic E-state index is 13.1. The molecule has 4 aromatic carbocycles. The van der Waals surface area contributed by atoms with Crippen LogP contribution in [-0.4, -0.2) is 53.5 Å². The fourth-order valence-electron chi connectivity index (χ4n) is 6.11. The molecule has 0 fully saturated rings. The SMILES string of the molecule is CCn1c2ccccc2c2cc(Nc3ccc(Nc4ncnc5cc(OCCOC)c(OC)cc45)cc3C3=CC(=O)C=CC3=O)ccc21. The van der Waals surface area contributed by atoms with Crippen LogP contribution in [0.1, 0.15) is 12.5 Å². The van der Waals surface area contributed by atoms with Gasteiger partial charge < -0.3 is 29.4 Å². The first kappa shape index (κ1) is 30.6. The quantitative estimate of drug-likeness (QED) is 0.111. The maximum Gasteiger partial charge on any atom is 0.186 e. The normalized spacial score (nSPS) is 12.9. The Hall–Kier alpha value is -6.00. The topological polar surface area (TPSA) is 117 Å². The van der Waals surface area contributed by atoms with Crippen LogP contribution in [0, 0.1) is 0 Å². The fraction of sp³-hybridized carbons (Fsp3) is 0.158. The van der Waals surface area contributed by atoms with Crippen LogP contribution >= 0.6 is 0 Å². The zero-order valence-corrected chi connectivity index (χ0v) is 26.7. The van der Waals surface area contributed by atoms with Gasteiger partial charge in [-0.3, -0.25) is 9.59 Å². The molecule has 0 aliphatic heterocycles. The number of carbonyl (C=O) groups is 2. The van der Waals surface area contributed by atoms with E-state index in [0.29, 0.717) is 63.9 Å². The lowest BCUT2D eigenvalue weighted by Crippen LogP contribution is -2.09. The number of para-hydroxylation sites is 1. The predicted octanol–water partition coefficient (Wildman–Crippen LogP) is 7.37. The molecule has 0 spiro atoms. The van der Waals surface area contributed by atoms with E-state index >= 15 is 0 Å². The number of rotatable bonds is 11. The standard InChI is InChI=1S/C38H33N5O5/c1-4-43-33-8-6-5-7-26(33)28-18-23(10-13-34(28)43)41-31-12-9-24(17-27(31)29-19-25(44)11-14-35(29)45)42-38-30-20-36(47-3)37(48-16-15-46-2)21-32(30)39-22-40-38/h5-14,17-22,41H,4,15-16H2,1-3H3,(H,39,40,42). The fourth-order valence-corrected chi connectivity index (χ4v) is 6.11. The number of methoxy groups -OCH3 is 2. The monoisotopic (exact) mass is 639 g/mol. The Morgan fingerprint density at radius 2 is 1.58 bits per heavy atom. The molecule has 2 N–H and O–H groups in total. The molecule has 2 heterocycles. The maximum atomic E-state index is 13.1. The number of fused-ring (bicyclic) bond motifs is 4. The van der Waals surface area contributed by atoms with E-state index in [1.54, 1.807) is 20.3 Å². The lowest BCUT2D eigenvalue weighted by Gasteiger charge is -2.18. The average Bonchev–Trinajstić information content (AvgIpc) is 3.43. The number of nitrogens with one attached hydrogen (secondary N) is 2. The summed E-state index contributed by atoms with van der Waals surface area (Å²) >= 11 is 0. The summed E-state index contributed by atoms with van der Waals surface area (Å²) in [6.45, 7) is 3.79. The van der Waals surface area contributed by atoms with E-state index in [1.807, 2.05) is 36.4 Å². The second kappa shape index (κ2) is 13.0. The highest BCUT2D eigenvalue weighted by Gasteiger charge is 2.20. The summed E-state index contributed by atoms with van der Waals surface area (Å²) in [6, 6.07) is 23.9. The van der Waals surface area contributed by atoms with E-state index in [4.69, 9.17) is 14.2 Å². The first-order valence-electron chi connectivity index (χ1n) is 15.6. The van der Waals surface area contributed by atoms with Crippen molar-refractivity contribution in [1.82, 2.24) is 14.5 Å². The second-order valence-electron chi connectivity index (χ2n) is 11.2. The molecule has 0 unspecified atom stereocenters. The Labute approximate surface area is 276 Å². The van der Waals surface area contributed by atoms with E-state index in [1.165, 1.54) is 35.5 Å². The number of aryl methyl sites for hydroxylation is 1. The molecule has 2 aromatic heterocycles. The van der Waals surface area contributed by atoms with Crippen molar-refractivity contribution in [2.45, 2.75) is 13.5 Å². The highest BCUT2D eigenvalue weighted by molar-refractivity contribution is 6.34. The lowest BCUT2D eigenvalue weighted by molar-refractivity contribution is -0.113. The first-order chi connectivity index (χ1) is 23.5. The van der Waals surface area contributed by atoms with Crippen molar-refractivity contribution in [3.05, 3.63) is 103 Å². The molecule has 10 heteroatoms. The summed E-state index contributed by atoms with van der Waals surface area (Å²) in [6.07, 6.45) is 5.44. The predicted molar refractivity (Wildman–Crippen MR) is 189 cm³/mol. The van der Waals surface area contributed by atoms with E-state index in [-0.39, 0.29) is 11.6 Å². The molecule has 0 bridgehead atoms. The second-order valence-corrected chi connectivity index (χ2v) is 11.2. The molecule has 0 amide bonds. The number of nitrogens with zero attached hydrogens (tertiary/aromatic N) is 3. The van der Waals surface area contributed by atoms with Crippen molar-refractivity contribution in [2.75, 3.05) is 38.1 Å². The van der Waals surface area contributed by atoms with E-state index in [0.717, 1.165) is 23.1 Å². The van der Waals surface area contributed by atoms with Crippen LogP contribution in [0.3, 0.4) is 0 Å². The first-order valence-corrected chi connectivity index (χ1v) is 15.6. The molecule has 0 atom stereocenters.